The number of rotatable bonds is 5. The third kappa shape index (κ3) is 4.27. The second-order valence-corrected chi connectivity index (χ2v) is 7.61. The quantitative estimate of drug-likeness (QED) is 0.653. The molecule has 1 saturated carbocycles. The molecule has 1 aliphatic carbocycles. The highest BCUT2D eigenvalue weighted by Crippen LogP contribution is 2.33. The van der Waals surface area contributed by atoms with Crippen LogP contribution in [0.15, 0.2) is 18.2 Å². The standard InChI is InChI=1S/C19H23ClN4O4/c1-12(25)21-13-5-6-15(14(20)11-13)22-16(26)7-10-24-17(27)19(23-18(24)28)8-3-2-4-9-19/h5-6,11H,2-4,7-10H2,1H3,(H,21,25)(H,22,26)(H,23,28). The Morgan fingerprint density at radius 1 is 1.18 bits per heavy atom. The number of nitrogens with one attached hydrogen (secondary N) is 3. The fraction of sp³-hybridized carbons (Fsp3) is 0.474. The maximum atomic E-state index is 12.7. The van der Waals surface area contributed by atoms with E-state index in [1.165, 1.54) is 13.0 Å². The van der Waals surface area contributed by atoms with E-state index in [1.807, 2.05) is 0 Å². The van der Waals surface area contributed by atoms with E-state index in [1.54, 1.807) is 12.1 Å². The molecule has 1 aliphatic heterocycles. The molecular formula is C19H23ClN4O4. The Kier molecular flexibility index (Phi) is 5.88. The van der Waals surface area contributed by atoms with Gasteiger partial charge in [-0.05, 0) is 31.0 Å². The first-order chi connectivity index (χ1) is 13.3. The summed E-state index contributed by atoms with van der Waals surface area (Å²) >= 11 is 6.13. The summed E-state index contributed by atoms with van der Waals surface area (Å²) in [6.07, 6.45) is 4.15. The molecule has 1 spiro atoms. The highest BCUT2D eigenvalue weighted by atomic mass is 35.5. The maximum absolute atomic E-state index is 12.7. The summed E-state index contributed by atoms with van der Waals surface area (Å²) in [6.45, 7) is 1.40. The number of urea groups is 1. The summed E-state index contributed by atoms with van der Waals surface area (Å²) < 4.78 is 0. The minimum Gasteiger partial charge on any atom is -0.326 e. The molecule has 0 atom stereocenters. The van der Waals surface area contributed by atoms with Gasteiger partial charge in [-0.15, -0.1) is 0 Å². The SMILES string of the molecule is CC(=O)Nc1ccc(NC(=O)CCN2C(=O)NC3(CCCCC3)C2=O)c(Cl)c1. The van der Waals surface area contributed by atoms with Crippen molar-refractivity contribution < 1.29 is 19.2 Å². The van der Waals surface area contributed by atoms with Crippen molar-refractivity contribution in [3.05, 3.63) is 23.2 Å². The molecule has 2 fully saturated rings. The third-order valence-electron chi connectivity index (χ3n) is 5.08. The number of anilines is 2. The summed E-state index contributed by atoms with van der Waals surface area (Å²) in [5.74, 6) is -0.820. The third-order valence-corrected chi connectivity index (χ3v) is 5.39. The topological polar surface area (TPSA) is 108 Å². The first-order valence-corrected chi connectivity index (χ1v) is 9.70. The second-order valence-electron chi connectivity index (χ2n) is 7.20. The molecule has 0 aromatic heterocycles. The fourth-order valence-corrected chi connectivity index (χ4v) is 3.92. The Hall–Kier alpha value is -2.61. The molecule has 0 radical (unpaired) electrons. The number of amides is 5. The number of hydrogen-bond acceptors (Lipinski definition) is 4. The van der Waals surface area contributed by atoms with E-state index >= 15 is 0 Å². The van der Waals surface area contributed by atoms with Crippen molar-refractivity contribution in [1.29, 1.82) is 0 Å². The number of imide groups is 1. The van der Waals surface area contributed by atoms with Gasteiger partial charge >= 0.3 is 6.03 Å². The minimum atomic E-state index is -0.783. The zero-order valence-electron chi connectivity index (χ0n) is 15.6. The summed E-state index contributed by atoms with van der Waals surface area (Å²) in [7, 11) is 0. The van der Waals surface area contributed by atoms with Crippen molar-refractivity contribution in [2.45, 2.75) is 51.0 Å². The number of carbonyl (C=O) groups is 4. The Labute approximate surface area is 168 Å². The first-order valence-electron chi connectivity index (χ1n) is 9.32. The lowest BCUT2D eigenvalue weighted by molar-refractivity contribution is -0.132. The van der Waals surface area contributed by atoms with Crippen LogP contribution in [0.5, 0.6) is 0 Å². The minimum absolute atomic E-state index is 0.0137. The second kappa shape index (κ2) is 8.18. The van der Waals surface area contributed by atoms with Crippen molar-refractivity contribution in [1.82, 2.24) is 10.2 Å². The molecule has 150 valence electrons. The lowest BCUT2D eigenvalue weighted by Crippen LogP contribution is -2.48. The number of halogens is 1. The molecular weight excluding hydrogens is 384 g/mol. The van der Waals surface area contributed by atoms with E-state index in [-0.39, 0.29) is 35.7 Å². The molecule has 9 heteroatoms. The van der Waals surface area contributed by atoms with Crippen molar-refractivity contribution in [2.75, 3.05) is 17.2 Å². The van der Waals surface area contributed by atoms with Crippen LogP contribution in [-0.2, 0) is 14.4 Å². The monoisotopic (exact) mass is 406 g/mol. The molecule has 3 N–H and O–H groups in total. The van der Waals surface area contributed by atoms with Crippen molar-refractivity contribution in [3.63, 3.8) is 0 Å². The highest BCUT2D eigenvalue weighted by Gasteiger charge is 2.51. The fourth-order valence-electron chi connectivity index (χ4n) is 3.70. The van der Waals surface area contributed by atoms with E-state index in [0.29, 0.717) is 24.2 Å². The zero-order valence-corrected chi connectivity index (χ0v) is 16.4. The molecule has 1 aromatic carbocycles. The molecule has 28 heavy (non-hydrogen) atoms. The van der Waals surface area contributed by atoms with Crippen molar-refractivity contribution >= 4 is 46.7 Å². The van der Waals surface area contributed by atoms with Crippen LogP contribution in [0.25, 0.3) is 0 Å². The zero-order chi connectivity index (χ0) is 20.3. The summed E-state index contributed by atoms with van der Waals surface area (Å²) in [4.78, 5) is 49.4. The largest absolute Gasteiger partial charge is 0.326 e. The summed E-state index contributed by atoms with van der Waals surface area (Å²) in [5, 5.41) is 8.36. The Morgan fingerprint density at radius 2 is 1.89 bits per heavy atom. The van der Waals surface area contributed by atoms with Gasteiger partial charge in [0.05, 0.1) is 10.7 Å². The predicted molar refractivity (Wildman–Crippen MR) is 105 cm³/mol. The van der Waals surface area contributed by atoms with Gasteiger partial charge in [-0.3, -0.25) is 19.3 Å². The van der Waals surface area contributed by atoms with Gasteiger partial charge in [0, 0.05) is 25.6 Å². The molecule has 1 aromatic rings. The molecule has 3 rings (SSSR count). The van der Waals surface area contributed by atoms with E-state index in [9.17, 15) is 19.2 Å². The van der Waals surface area contributed by atoms with E-state index in [2.05, 4.69) is 16.0 Å². The van der Waals surface area contributed by atoms with Crippen LogP contribution in [0.3, 0.4) is 0 Å². The number of hydrogen-bond donors (Lipinski definition) is 3. The molecule has 1 heterocycles. The van der Waals surface area contributed by atoms with E-state index in [4.69, 9.17) is 11.6 Å². The summed E-state index contributed by atoms with van der Waals surface area (Å²) in [6, 6.07) is 4.30. The van der Waals surface area contributed by atoms with Gasteiger partial charge in [0.15, 0.2) is 0 Å². The normalized spacial score (nSPS) is 18.1. The van der Waals surface area contributed by atoms with Gasteiger partial charge in [-0.2, -0.15) is 0 Å². The van der Waals surface area contributed by atoms with Gasteiger partial charge in [0.25, 0.3) is 5.91 Å². The van der Waals surface area contributed by atoms with Crippen LogP contribution in [0.4, 0.5) is 16.2 Å². The Balaban J connectivity index is 1.56. The highest BCUT2D eigenvalue weighted by molar-refractivity contribution is 6.34. The smallest absolute Gasteiger partial charge is 0.325 e. The van der Waals surface area contributed by atoms with Crippen molar-refractivity contribution in [2.24, 2.45) is 0 Å². The van der Waals surface area contributed by atoms with E-state index in [0.717, 1.165) is 24.2 Å². The average molecular weight is 407 g/mol. The average Bonchev–Trinajstić information content (AvgIpc) is 2.85. The number of nitrogens with zero attached hydrogens (tertiary/aromatic N) is 1. The number of carbonyl (C=O) groups excluding carboxylic acids is 4. The van der Waals surface area contributed by atoms with Crippen LogP contribution < -0.4 is 16.0 Å². The molecule has 2 aliphatic rings. The molecule has 1 saturated heterocycles. The molecule has 0 unspecified atom stereocenters. The lowest BCUT2D eigenvalue weighted by atomic mass is 9.82. The van der Waals surface area contributed by atoms with Crippen molar-refractivity contribution in [3.8, 4) is 0 Å². The molecule has 5 amide bonds. The van der Waals surface area contributed by atoms with Gasteiger partial charge in [-0.25, -0.2) is 4.79 Å². The van der Waals surface area contributed by atoms with Crippen LogP contribution in [0.2, 0.25) is 5.02 Å². The van der Waals surface area contributed by atoms with Crippen LogP contribution in [-0.4, -0.2) is 40.7 Å². The maximum Gasteiger partial charge on any atom is 0.325 e. The van der Waals surface area contributed by atoms with E-state index < -0.39 is 11.6 Å². The van der Waals surface area contributed by atoms with Crippen LogP contribution in [0, 0.1) is 0 Å². The number of benzene rings is 1. The van der Waals surface area contributed by atoms with Crippen LogP contribution >= 0.6 is 11.6 Å². The molecule has 8 nitrogen and oxygen atoms in total. The van der Waals surface area contributed by atoms with Gasteiger partial charge < -0.3 is 16.0 Å². The summed E-state index contributed by atoms with van der Waals surface area (Å²) in [5.41, 5.74) is 0.128. The lowest BCUT2D eigenvalue weighted by Gasteiger charge is -2.30. The van der Waals surface area contributed by atoms with Crippen LogP contribution in [0.1, 0.15) is 45.4 Å². The Morgan fingerprint density at radius 3 is 2.54 bits per heavy atom. The predicted octanol–water partition coefficient (Wildman–Crippen LogP) is 2.88. The van der Waals surface area contributed by atoms with Gasteiger partial charge in [0.2, 0.25) is 11.8 Å². The van der Waals surface area contributed by atoms with Gasteiger partial charge in [0.1, 0.15) is 5.54 Å². The first kappa shape index (κ1) is 20.1. The van der Waals surface area contributed by atoms with Gasteiger partial charge in [-0.1, -0.05) is 30.9 Å². The Bertz CT molecular complexity index is 820. The molecule has 0 bridgehead atoms.